The Morgan fingerprint density at radius 2 is 0.891 bits per heavy atom. The van der Waals surface area contributed by atoms with Crippen LogP contribution in [0.15, 0.2) is 48.5 Å². The van der Waals surface area contributed by atoms with Crippen LogP contribution in [0.5, 0.6) is 23.0 Å². The van der Waals surface area contributed by atoms with Crippen LogP contribution in [0.25, 0.3) is 22.3 Å². The molecule has 0 radical (unpaired) electrons. The van der Waals surface area contributed by atoms with Crippen LogP contribution in [0.3, 0.4) is 0 Å². The zero-order valence-corrected chi connectivity index (χ0v) is 34.0. The highest BCUT2D eigenvalue weighted by molar-refractivity contribution is 5.72. The number of carbonyl (C=O) groups excluding carboxylic acids is 1. The van der Waals surface area contributed by atoms with Crippen molar-refractivity contribution in [3.05, 3.63) is 93.0 Å². The summed E-state index contributed by atoms with van der Waals surface area (Å²) in [7, 11) is 0. The van der Waals surface area contributed by atoms with Gasteiger partial charge in [-0.15, -0.1) is 0 Å². The number of amides is 1. The average Bonchev–Trinajstić information content (AvgIpc) is 4.06. The van der Waals surface area contributed by atoms with Gasteiger partial charge in [0.15, 0.2) is 6.10 Å². The molecule has 0 aromatic heterocycles. The third-order valence-electron chi connectivity index (χ3n) is 10.0. The maximum absolute atomic E-state index is 12.9. The van der Waals surface area contributed by atoms with E-state index in [2.05, 4.69) is 88.5 Å². The molecule has 4 aromatic carbocycles. The van der Waals surface area contributed by atoms with E-state index < -0.39 is 12.2 Å². The highest BCUT2D eigenvalue weighted by Crippen LogP contribution is 2.37. The molecule has 1 amide bonds. The Hall–Kier alpha value is -4.73. The minimum absolute atomic E-state index is 0.132. The molecule has 2 fully saturated rings. The smallest absolute Gasteiger partial charge is 0.407 e. The average molecular weight is 752 g/mol. The Morgan fingerprint density at radius 1 is 0.582 bits per heavy atom. The molecule has 2 aliphatic rings. The van der Waals surface area contributed by atoms with Gasteiger partial charge in [-0.25, -0.2) is 4.79 Å². The fourth-order valence-corrected chi connectivity index (χ4v) is 7.09. The largest absolute Gasteiger partial charge is 0.490 e. The Morgan fingerprint density at radius 3 is 1.18 bits per heavy atom. The van der Waals surface area contributed by atoms with Gasteiger partial charge in [-0.3, -0.25) is 0 Å². The van der Waals surface area contributed by atoms with Gasteiger partial charge in [0.25, 0.3) is 0 Å². The Balaban J connectivity index is 1.15. The van der Waals surface area contributed by atoms with Crippen LogP contribution >= 0.6 is 0 Å². The van der Waals surface area contributed by atoms with Crippen molar-refractivity contribution >= 4 is 6.09 Å². The molecule has 2 heterocycles. The van der Waals surface area contributed by atoms with E-state index in [1.807, 2.05) is 27.7 Å². The van der Waals surface area contributed by atoms with E-state index in [-0.39, 0.29) is 25.4 Å². The van der Waals surface area contributed by atoms with Crippen molar-refractivity contribution in [3.63, 3.8) is 0 Å². The summed E-state index contributed by atoms with van der Waals surface area (Å²) >= 11 is 0. The first kappa shape index (κ1) is 39.9. The van der Waals surface area contributed by atoms with E-state index >= 15 is 0 Å². The lowest BCUT2D eigenvalue weighted by Crippen LogP contribution is -2.36. The lowest BCUT2D eigenvalue weighted by Gasteiger charge is -2.23. The summed E-state index contributed by atoms with van der Waals surface area (Å²) < 4.78 is 41.5. The first-order chi connectivity index (χ1) is 26.4. The molecule has 4 aromatic rings. The third-order valence-corrected chi connectivity index (χ3v) is 10.0. The van der Waals surface area contributed by atoms with Crippen LogP contribution in [0.4, 0.5) is 4.79 Å². The van der Waals surface area contributed by atoms with E-state index in [1.165, 1.54) is 0 Å². The van der Waals surface area contributed by atoms with E-state index in [9.17, 15) is 4.79 Å². The van der Waals surface area contributed by atoms with Crippen molar-refractivity contribution in [2.75, 3.05) is 46.2 Å². The third kappa shape index (κ3) is 10.5. The molecule has 0 aliphatic carbocycles. The number of hydrogen-bond acceptors (Lipinski definition) is 8. The standard InChI is InChI=1S/C46H57NO8/c1-10-11-12-47-46(48)55-41(25-53-44-31(6)17-37(18-32(44)7)35-13-27(2)42(28(3)14-35)51-23-39-21-49-39)26-54-45-33(8)19-38(20-34(45)9)36-15-29(4)43(30(5)16-36)52-24-40-22-50-40/h13-20,39-41H,10-12,21-26H2,1-9H3,(H,47,48). The molecule has 2 saturated heterocycles. The molecule has 2 unspecified atom stereocenters. The van der Waals surface area contributed by atoms with Crippen LogP contribution < -0.4 is 24.3 Å². The van der Waals surface area contributed by atoms with Crippen LogP contribution in [-0.4, -0.2) is 70.6 Å². The monoisotopic (exact) mass is 751 g/mol. The quantitative estimate of drug-likeness (QED) is 0.0793. The number of rotatable bonds is 18. The number of aryl methyl sites for hydroxylation is 8. The van der Waals surface area contributed by atoms with Crippen LogP contribution in [0.1, 0.15) is 64.3 Å². The Labute approximate surface area is 326 Å². The van der Waals surface area contributed by atoms with Crippen molar-refractivity contribution in [1.82, 2.24) is 5.32 Å². The summed E-state index contributed by atoms with van der Waals surface area (Å²) in [6, 6.07) is 17.2. The van der Waals surface area contributed by atoms with Crippen molar-refractivity contribution in [3.8, 4) is 45.3 Å². The molecule has 9 heteroatoms. The van der Waals surface area contributed by atoms with Gasteiger partial charge in [-0.2, -0.15) is 0 Å². The second-order valence-electron chi connectivity index (χ2n) is 15.2. The van der Waals surface area contributed by atoms with Gasteiger partial charge >= 0.3 is 6.09 Å². The van der Waals surface area contributed by atoms with Crippen molar-refractivity contribution in [2.45, 2.75) is 93.5 Å². The van der Waals surface area contributed by atoms with Crippen LogP contribution in [-0.2, 0) is 14.2 Å². The summed E-state index contributed by atoms with van der Waals surface area (Å²) in [4.78, 5) is 12.9. The molecule has 55 heavy (non-hydrogen) atoms. The molecular formula is C46H57NO8. The van der Waals surface area contributed by atoms with E-state index in [0.29, 0.717) is 19.8 Å². The number of alkyl carbamates (subject to hydrolysis) is 1. The van der Waals surface area contributed by atoms with Gasteiger partial charge in [0.2, 0.25) is 0 Å². The van der Waals surface area contributed by atoms with Gasteiger partial charge < -0.3 is 38.5 Å². The number of benzene rings is 4. The molecule has 1 N–H and O–H groups in total. The second-order valence-corrected chi connectivity index (χ2v) is 15.2. The number of nitrogens with one attached hydrogen (secondary N) is 1. The maximum atomic E-state index is 12.9. The van der Waals surface area contributed by atoms with Crippen molar-refractivity contribution < 1.29 is 38.0 Å². The first-order valence-electron chi connectivity index (χ1n) is 19.5. The van der Waals surface area contributed by atoms with Crippen molar-refractivity contribution in [1.29, 1.82) is 0 Å². The number of carbonyl (C=O) groups is 1. The molecule has 294 valence electrons. The molecule has 0 bridgehead atoms. The Bertz CT molecular complexity index is 1770. The molecule has 0 spiro atoms. The minimum Gasteiger partial charge on any atom is -0.490 e. The zero-order chi connectivity index (χ0) is 39.2. The highest BCUT2D eigenvalue weighted by Gasteiger charge is 2.25. The fourth-order valence-electron chi connectivity index (χ4n) is 7.09. The van der Waals surface area contributed by atoms with E-state index in [0.717, 1.165) is 116 Å². The van der Waals surface area contributed by atoms with E-state index in [1.54, 1.807) is 0 Å². The molecule has 9 nitrogen and oxygen atoms in total. The predicted octanol–water partition coefficient (Wildman–Crippen LogP) is 9.40. The number of epoxide rings is 2. The summed E-state index contributed by atoms with van der Waals surface area (Å²) in [6.45, 7) is 22.1. The molecule has 0 saturated carbocycles. The zero-order valence-electron chi connectivity index (χ0n) is 34.0. The molecular weight excluding hydrogens is 695 g/mol. The van der Waals surface area contributed by atoms with Gasteiger partial charge in [0, 0.05) is 6.54 Å². The van der Waals surface area contributed by atoms with Crippen molar-refractivity contribution in [2.24, 2.45) is 0 Å². The van der Waals surface area contributed by atoms with Gasteiger partial charge in [-0.05, 0) is 177 Å². The topological polar surface area (TPSA) is 100 Å². The second kappa shape index (κ2) is 17.8. The summed E-state index contributed by atoms with van der Waals surface area (Å²) in [6.07, 6.45) is 1.12. The fraction of sp³-hybridized carbons (Fsp3) is 0.457. The van der Waals surface area contributed by atoms with Crippen LogP contribution in [0, 0.1) is 55.4 Å². The molecule has 6 rings (SSSR count). The SMILES string of the molecule is CCCCNC(=O)OC(COc1c(C)cc(-c2cc(C)c(OCC3CO3)c(C)c2)cc1C)COc1c(C)cc(-c2cc(C)c(OCC3CO3)c(C)c2)cc1C. The number of hydrogen-bond donors (Lipinski definition) is 1. The summed E-state index contributed by atoms with van der Waals surface area (Å²) in [5.74, 6) is 3.37. The minimum atomic E-state index is -0.656. The lowest BCUT2D eigenvalue weighted by atomic mass is 9.96. The predicted molar refractivity (Wildman–Crippen MR) is 216 cm³/mol. The Kier molecular flexibility index (Phi) is 12.9. The first-order valence-corrected chi connectivity index (χ1v) is 19.5. The normalized spacial score (nSPS) is 16.3. The number of ether oxygens (including phenoxy) is 7. The van der Waals surface area contributed by atoms with Gasteiger partial charge in [-0.1, -0.05) is 13.3 Å². The summed E-state index contributed by atoms with van der Waals surface area (Å²) in [5.41, 5.74) is 12.8. The lowest BCUT2D eigenvalue weighted by molar-refractivity contribution is 0.0350. The maximum Gasteiger partial charge on any atom is 0.407 e. The highest BCUT2D eigenvalue weighted by atomic mass is 16.6. The van der Waals surface area contributed by atoms with Gasteiger partial charge in [0.1, 0.15) is 61.6 Å². The van der Waals surface area contributed by atoms with Crippen LogP contribution in [0.2, 0.25) is 0 Å². The molecule has 2 aliphatic heterocycles. The van der Waals surface area contributed by atoms with E-state index in [4.69, 9.17) is 33.2 Å². The number of unbranched alkanes of at least 4 members (excludes halogenated alkanes) is 1. The summed E-state index contributed by atoms with van der Waals surface area (Å²) in [5, 5.41) is 2.86. The van der Waals surface area contributed by atoms with Gasteiger partial charge in [0.05, 0.1) is 13.2 Å². The molecule has 2 atom stereocenters.